The maximum absolute atomic E-state index is 12.5. The molecule has 0 aromatic heterocycles. The molecule has 0 amide bonds. The van der Waals surface area contributed by atoms with Crippen molar-refractivity contribution < 1.29 is 25.8 Å². The summed E-state index contributed by atoms with van der Waals surface area (Å²) in [6.45, 7) is 5.44. The van der Waals surface area contributed by atoms with Crippen LogP contribution in [0, 0.1) is 0 Å². The zero-order valence-corrected chi connectivity index (χ0v) is 16.9. The third-order valence-corrected chi connectivity index (χ3v) is 7.23. The lowest BCUT2D eigenvalue weighted by Gasteiger charge is -2.18. The monoisotopic (exact) mass is 411 g/mol. The SMILES string of the molecule is CCN(CC)S(=O)(=O)c1ccc(S(=O)(=O)Oc2cccc(C(C)=O)c2)cc1. The molecule has 2 aromatic rings. The molecule has 7 nitrogen and oxygen atoms in total. The molecule has 0 aliphatic heterocycles. The Morgan fingerprint density at radius 1 is 0.926 bits per heavy atom. The van der Waals surface area contributed by atoms with E-state index in [-0.39, 0.29) is 21.3 Å². The summed E-state index contributed by atoms with van der Waals surface area (Å²) in [5.74, 6) is -0.216. The van der Waals surface area contributed by atoms with Crippen molar-refractivity contribution in [3.8, 4) is 5.75 Å². The number of hydrogen-bond acceptors (Lipinski definition) is 6. The minimum Gasteiger partial charge on any atom is -0.379 e. The van der Waals surface area contributed by atoms with Gasteiger partial charge in [0.2, 0.25) is 10.0 Å². The van der Waals surface area contributed by atoms with E-state index >= 15 is 0 Å². The van der Waals surface area contributed by atoms with E-state index in [9.17, 15) is 21.6 Å². The van der Waals surface area contributed by atoms with Crippen LogP contribution in [0.3, 0.4) is 0 Å². The molecule has 9 heteroatoms. The molecule has 0 unspecified atom stereocenters. The van der Waals surface area contributed by atoms with Crippen LogP contribution in [0.5, 0.6) is 5.75 Å². The van der Waals surface area contributed by atoms with Crippen LogP contribution in [0.25, 0.3) is 0 Å². The summed E-state index contributed by atoms with van der Waals surface area (Å²) in [5.41, 5.74) is 0.323. The Bertz CT molecular complexity index is 1020. The van der Waals surface area contributed by atoms with Crippen LogP contribution in [0.4, 0.5) is 0 Å². The van der Waals surface area contributed by atoms with E-state index in [0.29, 0.717) is 18.7 Å². The number of Topliss-reactive ketones (excluding diaryl/α,β-unsaturated/α-hetero) is 1. The van der Waals surface area contributed by atoms with Crippen LogP contribution >= 0.6 is 0 Å². The number of carbonyl (C=O) groups is 1. The molecule has 27 heavy (non-hydrogen) atoms. The molecular formula is C18H21NO6S2. The minimum atomic E-state index is -4.17. The molecule has 0 aliphatic carbocycles. The van der Waals surface area contributed by atoms with E-state index in [2.05, 4.69) is 0 Å². The molecule has 0 radical (unpaired) electrons. The second kappa shape index (κ2) is 8.20. The van der Waals surface area contributed by atoms with Crippen LogP contribution in [0.15, 0.2) is 58.3 Å². The van der Waals surface area contributed by atoms with Gasteiger partial charge in [-0.15, -0.1) is 0 Å². The van der Waals surface area contributed by atoms with Crippen molar-refractivity contribution in [2.45, 2.75) is 30.6 Å². The molecule has 0 atom stereocenters. The third-order valence-electron chi connectivity index (χ3n) is 3.90. The fraction of sp³-hybridized carbons (Fsp3) is 0.278. The highest BCUT2D eigenvalue weighted by molar-refractivity contribution is 7.89. The van der Waals surface area contributed by atoms with Crippen molar-refractivity contribution in [1.29, 1.82) is 0 Å². The van der Waals surface area contributed by atoms with Crippen LogP contribution in [0.2, 0.25) is 0 Å². The number of benzene rings is 2. The van der Waals surface area contributed by atoms with Gasteiger partial charge in [-0.3, -0.25) is 4.79 Å². The van der Waals surface area contributed by atoms with Crippen molar-refractivity contribution in [2.75, 3.05) is 13.1 Å². The fourth-order valence-electron chi connectivity index (χ4n) is 2.43. The summed E-state index contributed by atoms with van der Waals surface area (Å²) in [6, 6.07) is 10.6. The van der Waals surface area contributed by atoms with E-state index in [4.69, 9.17) is 4.18 Å². The van der Waals surface area contributed by atoms with Gasteiger partial charge >= 0.3 is 10.1 Å². The van der Waals surface area contributed by atoms with Crippen LogP contribution in [-0.2, 0) is 20.1 Å². The van der Waals surface area contributed by atoms with Crippen molar-refractivity contribution in [3.05, 3.63) is 54.1 Å². The van der Waals surface area contributed by atoms with Crippen LogP contribution < -0.4 is 4.18 Å². The largest absolute Gasteiger partial charge is 0.379 e. The molecule has 0 saturated carbocycles. The number of carbonyl (C=O) groups excluding carboxylic acids is 1. The van der Waals surface area contributed by atoms with Gasteiger partial charge in [0.25, 0.3) is 0 Å². The van der Waals surface area contributed by atoms with E-state index in [1.807, 2.05) is 0 Å². The predicted molar refractivity (Wildman–Crippen MR) is 101 cm³/mol. The lowest BCUT2D eigenvalue weighted by molar-refractivity contribution is 0.101. The first-order valence-electron chi connectivity index (χ1n) is 8.27. The number of rotatable bonds is 8. The molecule has 2 rings (SSSR count). The highest BCUT2D eigenvalue weighted by atomic mass is 32.2. The summed E-state index contributed by atoms with van der Waals surface area (Å²) in [5, 5.41) is 0. The van der Waals surface area contributed by atoms with Crippen molar-refractivity contribution >= 4 is 25.9 Å². The van der Waals surface area contributed by atoms with Gasteiger partial charge in [0.15, 0.2) is 5.78 Å². The molecule has 146 valence electrons. The van der Waals surface area contributed by atoms with Crippen LogP contribution in [-0.4, -0.2) is 40.0 Å². The molecule has 0 saturated heterocycles. The van der Waals surface area contributed by atoms with Crippen LogP contribution in [0.1, 0.15) is 31.1 Å². The maximum Gasteiger partial charge on any atom is 0.339 e. The van der Waals surface area contributed by atoms with Crippen molar-refractivity contribution in [3.63, 3.8) is 0 Å². The smallest absolute Gasteiger partial charge is 0.339 e. The summed E-state index contributed by atoms with van der Waals surface area (Å²) in [7, 11) is -7.85. The fourth-order valence-corrected chi connectivity index (χ4v) is 4.81. The van der Waals surface area contributed by atoms with Gasteiger partial charge in [-0.25, -0.2) is 8.42 Å². The molecule has 2 aromatic carbocycles. The normalized spacial score (nSPS) is 12.1. The Morgan fingerprint density at radius 2 is 1.48 bits per heavy atom. The number of sulfonamides is 1. The summed E-state index contributed by atoms with van der Waals surface area (Å²) < 4.78 is 56.1. The van der Waals surface area contributed by atoms with Gasteiger partial charge < -0.3 is 4.18 Å². The Labute approximate surface area is 159 Å². The van der Waals surface area contributed by atoms with Gasteiger partial charge in [0.05, 0.1) is 4.90 Å². The quantitative estimate of drug-likeness (QED) is 0.489. The molecule has 0 aliphatic rings. The highest BCUT2D eigenvalue weighted by Gasteiger charge is 2.23. The maximum atomic E-state index is 12.5. The summed E-state index contributed by atoms with van der Waals surface area (Å²) >= 11 is 0. The molecular weight excluding hydrogens is 390 g/mol. The van der Waals surface area contributed by atoms with Gasteiger partial charge in [0.1, 0.15) is 10.6 Å². The molecule has 0 fully saturated rings. The molecule has 0 bridgehead atoms. The van der Waals surface area contributed by atoms with Gasteiger partial charge in [-0.05, 0) is 43.3 Å². The second-order valence-electron chi connectivity index (χ2n) is 5.68. The average molecular weight is 412 g/mol. The number of ketones is 1. The van der Waals surface area contributed by atoms with E-state index in [0.717, 1.165) is 0 Å². The van der Waals surface area contributed by atoms with Gasteiger partial charge in [-0.2, -0.15) is 12.7 Å². The predicted octanol–water partition coefficient (Wildman–Crippen LogP) is 2.69. The zero-order valence-electron chi connectivity index (χ0n) is 15.2. The Hall–Kier alpha value is -2.23. The van der Waals surface area contributed by atoms with Gasteiger partial charge in [-0.1, -0.05) is 26.0 Å². The van der Waals surface area contributed by atoms with Crippen molar-refractivity contribution in [1.82, 2.24) is 4.31 Å². The number of nitrogens with zero attached hydrogens (tertiary/aromatic N) is 1. The lowest BCUT2D eigenvalue weighted by Crippen LogP contribution is -2.30. The Morgan fingerprint density at radius 3 is 2.00 bits per heavy atom. The van der Waals surface area contributed by atoms with E-state index in [1.54, 1.807) is 19.9 Å². The third kappa shape index (κ3) is 4.74. The zero-order chi connectivity index (χ0) is 20.2. The Kier molecular flexibility index (Phi) is 6.40. The lowest BCUT2D eigenvalue weighted by atomic mass is 10.1. The van der Waals surface area contributed by atoms with Crippen molar-refractivity contribution in [2.24, 2.45) is 0 Å². The average Bonchev–Trinajstić information content (AvgIpc) is 2.62. The minimum absolute atomic E-state index is 0.00235. The first-order chi connectivity index (χ1) is 12.6. The molecule has 0 N–H and O–H groups in total. The second-order valence-corrected chi connectivity index (χ2v) is 9.17. The Balaban J connectivity index is 2.30. The van der Waals surface area contributed by atoms with E-state index in [1.165, 1.54) is 53.7 Å². The topological polar surface area (TPSA) is 97.8 Å². The standard InChI is InChI=1S/C18H21NO6S2/c1-4-19(5-2)26(21,22)17-9-11-18(12-10-17)27(23,24)25-16-8-6-7-15(13-16)14(3)20/h6-13H,4-5H2,1-3H3. The highest BCUT2D eigenvalue weighted by Crippen LogP contribution is 2.22. The van der Waals surface area contributed by atoms with E-state index < -0.39 is 20.1 Å². The first-order valence-corrected chi connectivity index (χ1v) is 11.1. The molecule has 0 heterocycles. The van der Waals surface area contributed by atoms with Gasteiger partial charge in [0, 0.05) is 18.7 Å². The summed E-state index contributed by atoms with van der Waals surface area (Å²) in [6.07, 6.45) is 0. The summed E-state index contributed by atoms with van der Waals surface area (Å²) in [4.78, 5) is 11.2. The first kappa shape index (κ1) is 21.1. The number of hydrogen-bond donors (Lipinski definition) is 0. The molecule has 0 spiro atoms.